The molecule has 0 aliphatic heterocycles. The van der Waals surface area contributed by atoms with Gasteiger partial charge in [-0.2, -0.15) is 0 Å². The van der Waals surface area contributed by atoms with Crippen molar-refractivity contribution in [1.82, 2.24) is 9.13 Å². The molecule has 0 bridgehead atoms. The molecule has 4 aromatic rings. The van der Waals surface area contributed by atoms with Gasteiger partial charge in [0.05, 0.1) is 11.2 Å². The van der Waals surface area contributed by atoms with Crippen LogP contribution in [0.3, 0.4) is 0 Å². The van der Waals surface area contributed by atoms with Crippen molar-refractivity contribution in [2.24, 2.45) is 0 Å². The maximum atomic E-state index is 14.4. The Morgan fingerprint density at radius 3 is 2.38 bits per heavy atom. The number of halogens is 2. The Kier molecular flexibility index (Phi) is 5.52. The zero-order valence-electron chi connectivity index (χ0n) is 17.5. The van der Waals surface area contributed by atoms with E-state index in [2.05, 4.69) is 5.32 Å². The van der Waals surface area contributed by atoms with Gasteiger partial charge in [0, 0.05) is 11.8 Å². The van der Waals surface area contributed by atoms with E-state index in [1.165, 1.54) is 0 Å². The molecule has 0 aliphatic rings. The van der Waals surface area contributed by atoms with E-state index in [9.17, 15) is 23.2 Å². The molecule has 1 N–H and O–H groups in total. The van der Waals surface area contributed by atoms with Crippen LogP contribution in [0.1, 0.15) is 16.7 Å². The van der Waals surface area contributed by atoms with Crippen molar-refractivity contribution >= 4 is 33.1 Å². The van der Waals surface area contributed by atoms with Crippen molar-refractivity contribution in [3.8, 4) is 5.69 Å². The van der Waals surface area contributed by atoms with Gasteiger partial charge in [0.25, 0.3) is 5.56 Å². The van der Waals surface area contributed by atoms with Crippen LogP contribution in [0.2, 0.25) is 0 Å². The van der Waals surface area contributed by atoms with Gasteiger partial charge in [-0.25, -0.2) is 18.1 Å². The second-order valence-corrected chi connectivity index (χ2v) is 8.48. The molecular weight excluding hydrogens is 436 g/mol. The topological polar surface area (TPSA) is 73.1 Å². The molecule has 0 radical (unpaired) electrons. The van der Waals surface area contributed by atoms with Crippen molar-refractivity contribution < 1.29 is 13.6 Å². The lowest BCUT2D eigenvalue weighted by Gasteiger charge is -2.15. The Labute approximate surface area is 185 Å². The van der Waals surface area contributed by atoms with Crippen molar-refractivity contribution in [2.45, 2.75) is 27.3 Å². The van der Waals surface area contributed by atoms with Gasteiger partial charge in [0.2, 0.25) is 5.91 Å². The van der Waals surface area contributed by atoms with Crippen LogP contribution in [0.15, 0.2) is 51.4 Å². The number of fused-ring (bicyclic) bond motifs is 1. The number of benzene rings is 2. The molecule has 164 valence electrons. The highest BCUT2D eigenvalue weighted by atomic mass is 32.1. The van der Waals surface area contributed by atoms with E-state index in [-0.39, 0.29) is 22.4 Å². The van der Waals surface area contributed by atoms with Gasteiger partial charge in [-0.3, -0.25) is 14.2 Å². The molecule has 0 spiro atoms. The normalized spacial score (nSPS) is 11.2. The fraction of sp³-hybridized carbons (Fsp3) is 0.174. The van der Waals surface area contributed by atoms with Crippen LogP contribution in [-0.4, -0.2) is 15.0 Å². The Hall–Kier alpha value is -3.59. The summed E-state index contributed by atoms with van der Waals surface area (Å²) in [5.41, 5.74) is 1.74. The molecule has 0 atom stereocenters. The number of amides is 1. The van der Waals surface area contributed by atoms with Gasteiger partial charge in [-0.05, 0) is 55.5 Å². The summed E-state index contributed by atoms with van der Waals surface area (Å²) in [5, 5.41) is 4.44. The van der Waals surface area contributed by atoms with E-state index in [0.29, 0.717) is 16.3 Å². The van der Waals surface area contributed by atoms with Crippen LogP contribution < -0.4 is 16.6 Å². The third-order valence-corrected chi connectivity index (χ3v) is 6.04. The molecule has 2 heterocycles. The lowest BCUT2D eigenvalue weighted by molar-refractivity contribution is -0.116. The highest BCUT2D eigenvalue weighted by Crippen LogP contribution is 2.22. The molecule has 0 aliphatic carbocycles. The van der Waals surface area contributed by atoms with Crippen LogP contribution >= 0.6 is 11.3 Å². The number of carbonyl (C=O) groups is 1. The number of nitrogens with one attached hydrogen (secondary N) is 1. The summed E-state index contributed by atoms with van der Waals surface area (Å²) in [4.78, 5) is 38.9. The largest absolute Gasteiger partial charge is 0.336 e. The predicted molar refractivity (Wildman–Crippen MR) is 121 cm³/mol. The molecule has 9 heteroatoms. The molecule has 2 aromatic carbocycles. The first-order valence-corrected chi connectivity index (χ1v) is 10.6. The monoisotopic (exact) mass is 455 g/mol. The molecule has 2 aromatic heterocycles. The lowest BCUT2D eigenvalue weighted by atomic mass is 10.1. The van der Waals surface area contributed by atoms with E-state index in [0.717, 1.165) is 44.7 Å². The number of carbonyl (C=O) groups excluding carboxylic acids is 1. The summed E-state index contributed by atoms with van der Waals surface area (Å²) < 4.78 is 29.7. The molecule has 32 heavy (non-hydrogen) atoms. The summed E-state index contributed by atoms with van der Waals surface area (Å²) in [6.07, 6.45) is 0. The van der Waals surface area contributed by atoms with Crippen molar-refractivity contribution in [2.75, 3.05) is 5.32 Å². The Morgan fingerprint density at radius 1 is 1.03 bits per heavy atom. The third-order valence-electron chi connectivity index (χ3n) is 5.15. The Bertz CT molecular complexity index is 1480. The average Bonchev–Trinajstić information content (AvgIpc) is 3.19. The SMILES string of the molecule is Cc1cc(C)c(NC(=O)Cn2c(=O)n(-c3ccc(F)cc3F)c(=O)c3sccc32)c(C)c1. The maximum Gasteiger partial charge on any atom is 0.336 e. The fourth-order valence-corrected chi connectivity index (χ4v) is 4.64. The van der Waals surface area contributed by atoms with E-state index < -0.39 is 28.8 Å². The summed E-state index contributed by atoms with van der Waals surface area (Å²) in [6, 6.07) is 8.01. The third kappa shape index (κ3) is 3.75. The standard InChI is InChI=1S/C23H19F2N3O3S/c1-12-8-13(2)20(14(3)9-12)26-19(29)11-27-18-6-7-32-21(18)22(30)28(23(27)31)17-5-4-15(24)10-16(17)25/h4-10H,11H2,1-3H3,(H,26,29). The smallest absolute Gasteiger partial charge is 0.324 e. The molecule has 0 fully saturated rings. The number of hydrogen-bond donors (Lipinski definition) is 1. The van der Waals surface area contributed by atoms with Crippen molar-refractivity contribution in [3.63, 3.8) is 0 Å². The fourth-order valence-electron chi connectivity index (χ4n) is 3.81. The van der Waals surface area contributed by atoms with Crippen LogP contribution in [0.25, 0.3) is 15.9 Å². The highest BCUT2D eigenvalue weighted by Gasteiger charge is 2.20. The minimum Gasteiger partial charge on any atom is -0.324 e. The molecular formula is C23H19F2N3O3S. The van der Waals surface area contributed by atoms with Crippen LogP contribution in [0, 0.1) is 32.4 Å². The van der Waals surface area contributed by atoms with Crippen molar-refractivity contribution in [3.05, 3.63) is 90.9 Å². The van der Waals surface area contributed by atoms with Gasteiger partial charge >= 0.3 is 5.69 Å². The van der Waals surface area contributed by atoms with Gasteiger partial charge in [0.1, 0.15) is 22.9 Å². The van der Waals surface area contributed by atoms with E-state index in [4.69, 9.17) is 0 Å². The number of anilines is 1. The number of rotatable bonds is 4. The second-order valence-electron chi connectivity index (χ2n) is 7.56. The number of nitrogens with zero attached hydrogens (tertiary/aromatic N) is 2. The van der Waals surface area contributed by atoms with E-state index in [1.54, 1.807) is 11.4 Å². The van der Waals surface area contributed by atoms with Crippen LogP contribution in [0.5, 0.6) is 0 Å². The Morgan fingerprint density at radius 2 is 1.72 bits per heavy atom. The summed E-state index contributed by atoms with van der Waals surface area (Å²) in [6.45, 7) is 5.31. The number of aromatic nitrogens is 2. The second kappa shape index (κ2) is 8.16. The van der Waals surface area contributed by atoms with Gasteiger partial charge in [-0.1, -0.05) is 17.7 Å². The van der Waals surface area contributed by atoms with Gasteiger partial charge < -0.3 is 5.32 Å². The molecule has 4 rings (SSSR count). The summed E-state index contributed by atoms with van der Waals surface area (Å²) in [7, 11) is 0. The first kappa shape index (κ1) is 21.6. The first-order chi connectivity index (χ1) is 15.2. The Balaban J connectivity index is 1.82. The molecule has 0 saturated carbocycles. The predicted octanol–water partition coefficient (Wildman–Crippen LogP) is 4.06. The minimum absolute atomic E-state index is 0.184. The van der Waals surface area contributed by atoms with Gasteiger partial charge in [0.15, 0.2) is 0 Å². The molecule has 0 saturated heterocycles. The summed E-state index contributed by atoms with van der Waals surface area (Å²) >= 11 is 1.07. The summed E-state index contributed by atoms with van der Waals surface area (Å²) in [5.74, 6) is -2.36. The first-order valence-electron chi connectivity index (χ1n) is 9.73. The number of aryl methyl sites for hydroxylation is 3. The van der Waals surface area contributed by atoms with Crippen LogP contribution in [0.4, 0.5) is 14.5 Å². The van der Waals surface area contributed by atoms with E-state index >= 15 is 0 Å². The van der Waals surface area contributed by atoms with E-state index in [1.807, 2.05) is 32.9 Å². The molecule has 1 amide bonds. The zero-order valence-corrected chi connectivity index (χ0v) is 18.3. The van der Waals surface area contributed by atoms with Crippen molar-refractivity contribution in [1.29, 1.82) is 0 Å². The average molecular weight is 455 g/mol. The lowest BCUT2D eigenvalue weighted by Crippen LogP contribution is -2.40. The number of thiophene rings is 1. The molecule has 0 unspecified atom stereocenters. The quantitative estimate of drug-likeness (QED) is 0.505. The minimum atomic E-state index is -1.05. The molecule has 6 nitrogen and oxygen atoms in total. The van der Waals surface area contributed by atoms with Gasteiger partial charge in [-0.15, -0.1) is 11.3 Å². The zero-order chi connectivity index (χ0) is 23.2. The highest BCUT2D eigenvalue weighted by molar-refractivity contribution is 7.17. The maximum absolute atomic E-state index is 14.4. The number of hydrogen-bond acceptors (Lipinski definition) is 4. The van der Waals surface area contributed by atoms with Crippen LogP contribution in [-0.2, 0) is 11.3 Å².